The van der Waals surface area contributed by atoms with E-state index >= 15 is 0 Å². The van der Waals surface area contributed by atoms with Gasteiger partial charge in [0.1, 0.15) is 0 Å². The Hall–Kier alpha value is -0.530. The number of nitrogens with zero attached hydrogens (tertiary/aromatic N) is 1. The van der Waals surface area contributed by atoms with E-state index in [1.807, 2.05) is 11.8 Å². The summed E-state index contributed by atoms with van der Waals surface area (Å²) in [5, 5.41) is 0. The molecule has 0 rings (SSSR count). The largest absolute Gasteiger partial charge is 0.340 e. The summed E-state index contributed by atoms with van der Waals surface area (Å²) in [6, 6.07) is 0.351. The Morgan fingerprint density at radius 2 is 1.92 bits per heavy atom. The minimum absolute atomic E-state index is 0.276. The lowest BCUT2D eigenvalue weighted by molar-refractivity contribution is -0.132. The molecule has 0 aromatic heterocycles. The molecule has 2 heteroatoms. The monoisotopic (exact) mass is 171 g/mol. The van der Waals surface area contributed by atoms with Gasteiger partial charge in [0.15, 0.2) is 0 Å². The van der Waals surface area contributed by atoms with Crippen molar-refractivity contribution in [3.63, 3.8) is 0 Å². The quantitative estimate of drug-likeness (QED) is 0.622. The fourth-order valence-corrected chi connectivity index (χ4v) is 1.20. The Labute approximate surface area is 75.9 Å². The van der Waals surface area contributed by atoms with Crippen molar-refractivity contribution >= 4 is 5.91 Å². The molecule has 0 heterocycles. The highest BCUT2D eigenvalue weighted by atomic mass is 16.2. The van der Waals surface area contributed by atoms with Gasteiger partial charge in [0, 0.05) is 19.0 Å². The molecule has 0 saturated carbocycles. The second kappa shape index (κ2) is 6.04. The summed E-state index contributed by atoms with van der Waals surface area (Å²) < 4.78 is 0. The lowest BCUT2D eigenvalue weighted by atomic mass is 10.2. The molecule has 72 valence electrons. The highest BCUT2D eigenvalue weighted by molar-refractivity contribution is 5.76. The molecule has 2 nitrogen and oxygen atoms in total. The first-order chi connectivity index (χ1) is 5.63. The van der Waals surface area contributed by atoms with Crippen LogP contribution in [0, 0.1) is 0 Å². The second-order valence-electron chi connectivity index (χ2n) is 3.39. The first-order valence-electron chi connectivity index (χ1n) is 4.92. The molecule has 0 aliphatic carbocycles. The van der Waals surface area contributed by atoms with Crippen LogP contribution in [-0.4, -0.2) is 23.4 Å². The molecule has 1 amide bonds. The van der Waals surface area contributed by atoms with Crippen LogP contribution in [0.3, 0.4) is 0 Å². The van der Waals surface area contributed by atoms with Crippen molar-refractivity contribution < 1.29 is 4.79 Å². The first-order valence-corrected chi connectivity index (χ1v) is 4.92. The molecule has 0 radical (unpaired) electrons. The predicted molar refractivity (Wildman–Crippen MR) is 52.0 cm³/mol. The highest BCUT2D eigenvalue weighted by Gasteiger charge is 2.13. The molecule has 0 fully saturated rings. The summed E-state index contributed by atoms with van der Waals surface area (Å²) in [6.07, 6.45) is 2.89. The van der Waals surface area contributed by atoms with Gasteiger partial charge in [-0.25, -0.2) is 0 Å². The van der Waals surface area contributed by atoms with Gasteiger partial charge in [0.2, 0.25) is 5.91 Å². The van der Waals surface area contributed by atoms with Crippen molar-refractivity contribution in [3.05, 3.63) is 0 Å². The van der Waals surface area contributed by atoms with Crippen LogP contribution in [0.25, 0.3) is 0 Å². The molecule has 0 unspecified atom stereocenters. The van der Waals surface area contributed by atoms with E-state index in [1.54, 1.807) is 0 Å². The number of hydrogen-bond donors (Lipinski definition) is 0. The summed E-state index contributed by atoms with van der Waals surface area (Å²) in [5.41, 5.74) is 0. The van der Waals surface area contributed by atoms with Gasteiger partial charge in [-0.15, -0.1) is 0 Å². The molecular formula is C10H21NO. The molecule has 0 spiro atoms. The molecule has 0 aromatic rings. The molecule has 0 saturated heterocycles. The third-order valence-corrected chi connectivity index (χ3v) is 2.00. The van der Waals surface area contributed by atoms with Gasteiger partial charge < -0.3 is 4.90 Å². The minimum atomic E-state index is 0.276. The zero-order chi connectivity index (χ0) is 9.56. The predicted octanol–water partition coefficient (Wildman–Crippen LogP) is 2.43. The average Bonchev–Trinajstić information content (AvgIpc) is 2.04. The SMILES string of the molecule is CCCCN(C(=O)CC)C(C)C. The Kier molecular flexibility index (Phi) is 5.77. The van der Waals surface area contributed by atoms with E-state index < -0.39 is 0 Å². The summed E-state index contributed by atoms with van der Waals surface area (Å²) in [5.74, 6) is 0.276. The number of carbonyl (C=O) groups is 1. The van der Waals surface area contributed by atoms with Crippen LogP contribution in [0.15, 0.2) is 0 Å². The van der Waals surface area contributed by atoms with Crippen molar-refractivity contribution in [2.45, 2.75) is 53.0 Å². The van der Waals surface area contributed by atoms with Gasteiger partial charge in [-0.2, -0.15) is 0 Å². The van der Waals surface area contributed by atoms with Crippen LogP contribution in [0.2, 0.25) is 0 Å². The van der Waals surface area contributed by atoms with Crippen LogP contribution >= 0.6 is 0 Å². The van der Waals surface area contributed by atoms with Gasteiger partial charge in [-0.05, 0) is 20.3 Å². The zero-order valence-electron chi connectivity index (χ0n) is 8.76. The Bertz CT molecular complexity index is 132. The Morgan fingerprint density at radius 3 is 2.25 bits per heavy atom. The third-order valence-electron chi connectivity index (χ3n) is 2.00. The van der Waals surface area contributed by atoms with Crippen molar-refractivity contribution in [1.82, 2.24) is 4.90 Å². The van der Waals surface area contributed by atoms with E-state index in [0.717, 1.165) is 19.4 Å². The summed E-state index contributed by atoms with van der Waals surface area (Å²) in [4.78, 5) is 13.3. The van der Waals surface area contributed by atoms with Crippen molar-refractivity contribution in [2.75, 3.05) is 6.54 Å². The van der Waals surface area contributed by atoms with E-state index in [1.165, 1.54) is 0 Å². The van der Waals surface area contributed by atoms with E-state index in [0.29, 0.717) is 12.5 Å². The van der Waals surface area contributed by atoms with Crippen LogP contribution in [0.1, 0.15) is 47.0 Å². The van der Waals surface area contributed by atoms with Crippen molar-refractivity contribution in [1.29, 1.82) is 0 Å². The average molecular weight is 171 g/mol. The second-order valence-corrected chi connectivity index (χ2v) is 3.39. The van der Waals surface area contributed by atoms with Crippen molar-refractivity contribution in [2.24, 2.45) is 0 Å². The highest BCUT2D eigenvalue weighted by Crippen LogP contribution is 2.03. The van der Waals surface area contributed by atoms with Gasteiger partial charge in [0.25, 0.3) is 0 Å². The number of unbranched alkanes of at least 4 members (excludes halogenated alkanes) is 1. The molecule has 0 bridgehead atoms. The minimum Gasteiger partial charge on any atom is -0.340 e. The van der Waals surface area contributed by atoms with Crippen LogP contribution in [0.4, 0.5) is 0 Å². The maximum absolute atomic E-state index is 11.4. The van der Waals surface area contributed by atoms with Gasteiger partial charge in [-0.1, -0.05) is 20.3 Å². The van der Waals surface area contributed by atoms with Gasteiger partial charge in [0.05, 0.1) is 0 Å². The lowest BCUT2D eigenvalue weighted by Crippen LogP contribution is -2.37. The van der Waals surface area contributed by atoms with Gasteiger partial charge in [-0.3, -0.25) is 4.79 Å². The molecule has 12 heavy (non-hydrogen) atoms. The number of amides is 1. The van der Waals surface area contributed by atoms with Gasteiger partial charge >= 0.3 is 0 Å². The van der Waals surface area contributed by atoms with E-state index in [4.69, 9.17) is 0 Å². The van der Waals surface area contributed by atoms with E-state index in [9.17, 15) is 4.79 Å². The van der Waals surface area contributed by atoms with Crippen LogP contribution in [-0.2, 0) is 4.79 Å². The van der Waals surface area contributed by atoms with E-state index in [2.05, 4.69) is 20.8 Å². The lowest BCUT2D eigenvalue weighted by Gasteiger charge is -2.26. The van der Waals surface area contributed by atoms with Crippen LogP contribution in [0.5, 0.6) is 0 Å². The van der Waals surface area contributed by atoms with Crippen LogP contribution < -0.4 is 0 Å². The molecule has 0 N–H and O–H groups in total. The number of carbonyl (C=O) groups excluding carboxylic acids is 1. The maximum atomic E-state index is 11.4. The molecule has 0 aliphatic rings. The Balaban J connectivity index is 3.95. The Morgan fingerprint density at radius 1 is 1.33 bits per heavy atom. The molecular weight excluding hydrogens is 150 g/mol. The fourth-order valence-electron chi connectivity index (χ4n) is 1.20. The normalized spacial score (nSPS) is 10.4. The maximum Gasteiger partial charge on any atom is 0.222 e. The molecule has 0 aromatic carbocycles. The molecule has 0 aliphatic heterocycles. The van der Waals surface area contributed by atoms with E-state index in [-0.39, 0.29) is 5.91 Å². The smallest absolute Gasteiger partial charge is 0.222 e. The summed E-state index contributed by atoms with van der Waals surface area (Å²) in [6.45, 7) is 9.13. The fraction of sp³-hybridized carbons (Fsp3) is 0.900. The molecule has 0 atom stereocenters. The summed E-state index contributed by atoms with van der Waals surface area (Å²) >= 11 is 0. The number of hydrogen-bond acceptors (Lipinski definition) is 1. The summed E-state index contributed by atoms with van der Waals surface area (Å²) in [7, 11) is 0. The number of rotatable bonds is 5. The zero-order valence-corrected chi connectivity index (χ0v) is 8.76. The third kappa shape index (κ3) is 3.74. The standard InChI is InChI=1S/C10H21NO/c1-5-7-8-11(9(3)4)10(12)6-2/h9H,5-8H2,1-4H3. The topological polar surface area (TPSA) is 20.3 Å². The first kappa shape index (κ1) is 11.5. The van der Waals surface area contributed by atoms with Crippen molar-refractivity contribution in [3.8, 4) is 0 Å².